The molecule has 0 atom stereocenters. The summed E-state index contributed by atoms with van der Waals surface area (Å²) in [6, 6.07) is 8.92. The van der Waals surface area contributed by atoms with Crippen LogP contribution < -0.4 is 10.1 Å². The molecule has 1 aliphatic rings. The second-order valence-corrected chi connectivity index (χ2v) is 7.26. The topological polar surface area (TPSA) is 126 Å². The maximum atomic E-state index is 12.2. The Bertz CT molecular complexity index is 1230. The molecule has 0 spiro atoms. The molecule has 164 valence electrons. The van der Waals surface area contributed by atoms with Crippen LogP contribution in [0, 0.1) is 0 Å². The number of fused-ring (bicyclic) bond motifs is 1. The molecule has 1 N–H and O–H groups in total. The van der Waals surface area contributed by atoms with Crippen LogP contribution >= 0.6 is 0 Å². The molecule has 0 saturated carbocycles. The number of amides is 1. The van der Waals surface area contributed by atoms with Crippen molar-refractivity contribution in [2.24, 2.45) is 0 Å². The Labute approximate surface area is 182 Å². The van der Waals surface area contributed by atoms with E-state index in [0.29, 0.717) is 59.8 Å². The van der Waals surface area contributed by atoms with Gasteiger partial charge in [-0.2, -0.15) is 0 Å². The molecule has 4 aromatic heterocycles. The largest absolute Gasteiger partial charge is 0.486 e. The van der Waals surface area contributed by atoms with Gasteiger partial charge in [-0.15, -0.1) is 10.2 Å². The second kappa shape index (κ2) is 8.73. The second-order valence-electron chi connectivity index (χ2n) is 7.26. The number of carbonyl (C=O) groups is 1. The first-order valence-corrected chi connectivity index (χ1v) is 9.95. The van der Waals surface area contributed by atoms with E-state index in [0.717, 1.165) is 0 Å². The average Bonchev–Trinajstić information content (AvgIpc) is 3.41. The minimum Gasteiger partial charge on any atom is -0.486 e. The number of ether oxygens (including phenoxy) is 3. The first-order valence-electron chi connectivity index (χ1n) is 9.95. The zero-order chi connectivity index (χ0) is 21.9. The fourth-order valence-corrected chi connectivity index (χ4v) is 3.15. The fraction of sp³-hybridized carbons (Fsp3) is 0.286. The smallest absolute Gasteiger partial charge is 0.253 e. The van der Waals surface area contributed by atoms with Crippen LogP contribution in [0.4, 0.5) is 0 Å². The Morgan fingerprint density at radius 1 is 1.22 bits per heavy atom. The highest BCUT2D eigenvalue weighted by Gasteiger charge is 2.21. The van der Waals surface area contributed by atoms with Crippen molar-refractivity contribution in [2.75, 3.05) is 20.3 Å². The number of rotatable bonds is 8. The SMILES string of the molecule is COCc1cc(-c2nnc3ccc(OCc4ccc(C(=O)NC5COC5)cn4)cn23)no1. The highest BCUT2D eigenvalue weighted by molar-refractivity contribution is 5.94. The summed E-state index contributed by atoms with van der Waals surface area (Å²) < 4.78 is 23.0. The summed E-state index contributed by atoms with van der Waals surface area (Å²) in [7, 11) is 1.58. The minimum atomic E-state index is -0.162. The van der Waals surface area contributed by atoms with Crippen LogP contribution in [0.3, 0.4) is 0 Å². The molecule has 1 saturated heterocycles. The van der Waals surface area contributed by atoms with E-state index in [2.05, 4.69) is 25.7 Å². The third kappa shape index (κ3) is 4.15. The average molecular weight is 436 g/mol. The first kappa shape index (κ1) is 20.1. The highest BCUT2D eigenvalue weighted by atomic mass is 16.5. The number of nitrogens with zero attached hydrogens (tertiary/aromatic N) is 5. The minimum absolute atomic E-state index is 0.0757. The molecule has 0 aromatic carbocycles. The maximum absolute atomic E-state index is 12.2. The molecule has 11 heteroatoms. The maximum Gasteiger partial charge on any atom is 0.253 e. The summed E-state index contributed by atoms with van der Waals surface area (Å²) >= 11 is 0. The molecule has 0 aliphatic carbocycles. The number of methoxy groups -OCH3 is 1. The van der Waals surface area contributed by atoms with E-state index < -0.39 is 0 Å². The zero-order valence-corrected chi connectivity index (χ0v) is 17.2. The van der Waals surface area contributed by atoms with Gasteiger partial charge in [0.05, 0.1) is 36.7 Å². The predicted octanol–water partition coefficient (Wildman–Crippen LogP) is 1.63. The lowest BCUT2D eigenvalue weighted by Crippen LogP contribution is -2.48. The van der Waals surface area contributed by atoms with Gasteiger partial charge >= 0.3 is 0 Å². The molecule has 1 amide bonds. The Balaban J connectivity index is 1.26. The quantitative estimate of drug-likeness (QED) is 0.438. The summed E-state index contributed by atoms with van der Waals surface area (Å²) in [5, 5.41) is 15.3. The normalized spacial score (nSPS) is 13.8. The van der Waals surface area contributed by atoms with Crippen molar-refractivity contribution in [1.82, 2.24) is 30.1 Å². The van der Waals surface area contributed by atoms with Crippen LogP contribution in [0.2, 0.25) is 0 Å². The Kier molecular flexibility index (Phi) is 5.48. The molecule has 11 nitrogen and oxygen atoms in total. The van der Waals surface area contributed by atoms with Gasteiger partial charge in [-0.1, -0.05) is 5.16 Å². The summed E-state index contributed by atoms with van der Waals surface area (Å²) in [5.41, 5.74) is 2.38. The van der Waals surface area contributed by atoms with Crippen molar-refractivity contribution in [3.05, 3.63) is 59.7 Å². The van der Waals surface area contributed by atoms with Gasteiger partial charge in [0.25, 0.3) is 5.91 Å². The van der Waals surface area contributed by atoms with Crippen LogP contribution in [-0.2, 0) is 22.7 Å². The Morgan fingerprint density at radius 2 is 2.12 bits per heavy atom. The van der Waals surface area contributed by atoms with E-state index >= 15 is 0 Å². The van der Waals surface area contributed by atoms with Crippen molar-refractivity contribution >= 4 is 11.6 Å². The first-order chi connectivity index (χ1) is 15.7. The molecule has 0 radical (unpaired) electrons. The lowest BCUT2D eigenvalue weighted by atomic mass is 10.2. The Hall–Kier alpha value is -3.83. The van der Waals surface area contributed by atoms with Crippen LogP contribution in [0.1, 0.15) is 21.8 Å². The molecule has 5 rings (SSSR count). The fourth-order valence-electron chi connectivity index (χ4n) is 3.15. The summed E-state index contributed by atoms with van der Waals surface area (Å²) in [4.78, 5) is 16.5. The van der Waals surface area contributed by atoms with Crippen LogP contribution in [0.25, 0.3) is 17.2 Å². The van der Waals surface area contributed by atoms with E-state index in [1.54, 1.807) is 48.0 Å². The van der Waals surface area contributed by atoms with Crippen molar-refractivity contribution in [3.8, 4) is 17.3 Å². The van der Waals surface area contributed by atoms with E-state index in [1.165, 1.54) is 6.20 Å². The van der Waals surface area contributed by atoms with Gasteiger partial charge in [-0.3, -0.25) is 14.2 Å². The Morgan fingerprint density at radius 3 is 2.88 bits per heavy atom. The van der Waals surface area contributed by atoms with Crippen molar-refractivity contribution in [1.29, 1.82) is 0 Å². The lowest BCUT2D eigenvalue weighted by molar-refractivity contribution is -0.00347. The molecule has 4 aromatic rings. The molecule has 0 unspecified atom stereocenters. The molecule has 32 heavy (non-hydrogen) atoms. The number of pyridine rings is 2. The summed E-state index contributed by atoms with van der Waals surface area (Å²) in [6.45, 7) is 1.66. The monoisotopic (exact) mass is 436 g/mol. The van der Waals surface area contributed by atoms with E-state index in [4.69, 9.17) is 18.7 Å². The van der Waals surface area contributed by atoms with Crippen molar-refractivity contribution in [3.63, 3.8) is 0 Å². The molecule has 0 bridgehead atoms. The van der Waals surface area contributed by atoms with Gasteiger partial charge < -0.3 is 24.1 Å². The van der Waals surface area contributed by atoms with Crippen LogP contribution in [0.15, 0.2) is 47.2 Å². The van der Waals surface area contributed by atoms with Crippen molar-refractivity contribution < 1.29 is 23.5 Å². The molecular weight excluding hydrogens is 416 g/mol. The van der Waals surface area contributed by atoms with Crippen LogP contribution in [0.5, 0.6) is 5.75 Å². The molecule has 5 heterocycles. The predicted molar refractivity (Wildman–Crippen MR) is 110 cm³/mol. The van der Waals surface area contributed by atoms with Crippen molar-refractivity contribution in [2.45, 2.75) is 19.3 Å². The van der Waals surface area contributed by atoms with Gasteiger partial charge in [-0.05, 0) is 24.3 Å². The highest BCUT2D eigenvalue weighted by Crippen LogP contribution is 2.22. The van der Waals surface area contributed by atoms with E-state index in [-0.39, 0.29) is 18.6 Å². The standard InChI is InChI=1S/C21H20N6O5/c1-29-12-17-6-18(26-32-17)20-25-24-19-5-4-16(8-27(19)20)31-11-14-3-2-13(7-22-14)21(28)23-15-9-30-10-15/h2-8,15H,9-12H2,1H3,(H,23,28). The van der Waals surface area contributed by atoms with E-state index in [9.17, 15) is 4.79 Å². The number of carbonyl (C=O) groups excluding carboxylic acids is 1. The van der Waals surface area contributed by atoms with Gasteiger partial charge in [-0.25, -0.2) is 0 Å². The number of aromatic nitrogens is 5. The summed E-state index contributed by atoms with van der Waals surface area (Å²) in [6.07, 6.45) is 3.31. The lowest BCUT2D eigenvalue weighted by Gasteiger charge is -2.26. The van der Waals surface area contributed by atoms with Gasteiger partial charge in [0, 0.05) is 19.4 Å². The van der Waals surface area contributed by atoms with Crippen LogP contribution in [-0.4, -0.2) is 57.0 Å². The zero-order valence-electron chi connectivity index (χ0n) is 17.2. The third-order valence-corrected chi connectivity index (χ3v) is 4.90. The molecule has 1 aliphatic heterocycles. The number of hydrogen-bond acceptors (Lipinski definition) is 9. The third-order valence-electron chi connectivity index (χ3n) is 4.90. The van der Waals surface area contributed by atoms with Gasteiger partial charge in [0.2, 0.25) is 0 Å². The van der Waals surface area contributed by atoms with Gasteiger partial charge in [0.1, 0.15) is 19.0 Å². The van der Waals surface area contributed by atoms with Gasteiger partial charge in [0.15, 0.2) is 22.9 Å². The summed E-state index contributed by atoms with van der Waals surface area (Å²) in [5.74, 6) is 1.57. The number of nitrogens with one attached hydrogen (secondary N) is 1. The molecular formula is C21H20N6O5. The number of hydrogen-bond donors (Lipinski definition) is 1. The molecule has 1 fully saturated rings. The van der Waals surface area contributed by atoms with E-state index in [1.807, 2.05) is 0 Å².